The van der Waals surface area contributed by atoms with Gasteiger partial charge in [0.05, 0.1) is 16.5 Å². The summed E-state index contributed by atoms with van der Waals surface area (Å²) >= 11 is 9.35. The van der Waals surface area contributed by atoms with Crippen LogP contribution in [0.25, 0.3) is 0 Å². The van der Waals surface area contributed by atoms with Crippen LogP contribution in [-0.4, -0.2) is 28.4 Å². The fraction of sp³-hybridized carbons (Fsp3) is 0.500. The first-order valence-corrected chi connectivity index (χ1v) is 7.60. The van der Waals surface area contributed by atoms with E-state index in [9.17, 15) is 9.90 Å². The second-order valence-electron chi connectivity index (χ2n) is 5.20. The summed E-state index contributed by atoms with van der Waals surface area (Å²) in [6.45, 7) is 0.126. The molecule has 1 aromatic carbocycles. The number of ether oxygens (including phenoxy) is 1. The molecule has 1 aliphatic carbocycles. The van der Waals surface area contributed by atoms with Gasteiger partial charge < -0.3 is 14.9 Å². The van der Waals surface area contributed by atoms with Crippen molar-refractivity contribution in [3.8, 4) is 5.75 Å². The van der Waals surface area contributed by atoms with Crippen molar-refractivity contribution in [1.82, 2.24) is 0 Å². The molecule has 1 fully saturated rings. The van der Waals surface area contributed by atoms with Gasteiger partial charge in [0, 0.05) is 4.47 Å². The smallest absolute Gasteiger partial charge is 0.306 e. The molecule has 110 valence electrons. The van der Waals surface area contributed by atoms with Gasteiger partial charge in [0.25, 0.3) is 0 Å². The number of carbonyl (C=O) groups is 1. The predicted molar refractivity (Wildman–Crippen MR) is 79.2 cm³/mol. The van der Waals surface area contributed by atoms with Crippen LogP contribution < -0.4 is 4.74 Å². The zero-order valence-electron chi connectivity index (χ0n) is 10.8. The second kappa shape index (κ2) is 6.33. The zero-order valence-corrected chi connectivity index (χ0v) is 13.2. The summed E-state index contributed by atoms with van der Waals surface area (Å²) in [5, 5.41) is 19.8. The maximum absolute atomic E-state index is 10.9. The Bertz CT molecular complexity index is 498. The number of benzene rings is 1. The summed E-state index contributed by atoms with van der Waals surface area (Å²) in [6, 6.07) is 5.27. The molecule has 20 heavy (non-hydrogen) atoms. The summed E-state index contributed by atoms with van der Waals surface area (Å²) in [5.74, 6) is -0.626. The van der Waals surface area contributed by atoms with Crippen molar-refractivity contribution in [3.05, 3.63) is 27.7 Å². The van der Waals surface area contributed by atoms with Gasteiger partial charge in [0.15, 0.2) is 0 Å². The van der Waals surface area contributed by atoms with E-state index < -0.39 is 11.6 Å². The number of carboxylic acids is 1. The molecule has 2 N–H and O–H groups in total. The molecule has 0 spiro atoms. The van der Waals surface area contributed by atoms with Gasteiger partial charge in [-0.15, -0.1) is 0 Å². The number of halogens is 2. The van der Waals surface area contributed by atoms with E-state index in [1.54, 1.807) is 12.1 Å². The van der Waals surface area contributed by atoms with Crippen LogP contribution in [0.2, 0.25) is 5.02 Å². The highest BCUT2D eigenvalue weighted by Crippen LogP contribution is 2.34. The SMILES string of the molecule is O=C(O)C1CCC(O)(COc2ccc(Br)cc2Cl)CC1. The Morgan fingerprint density at radius 2 is 2.10 bits per heavy atom. The lowest BCUT2D eigenvalue weighted by Crippen LogP contribution is -2.41. The van der Waals surface area contributed by atoms with Crippen LogP contribution in [0.5, 0.6) is 5.75 Å². The molecule has 6 heteroatoms. The minimum absolute atomic E-state index is 0.126. The Labute approximate surface area is 130 Å². The zero-order chi connectivity index (χ0) is 14.8. The van der Waals surface area contributed by atoms with Crippen LogP contribution in [0.4, 0.5) is 0 Å². The number of hydrogen-bond acceptors (Lipinski definition) is 3. The van der Waals surface area contributed by atoms with Crippen molar-refractivity contribution in [1.29, 1.82) is 0 Å². The summed E-state index contributed by atoms with van der Waals surface area (Å²) in [5.41, 5.74) is -0.970. The Morgan fingerprint density at radius 3 is 2.65 bits per heavy atom. The molecule has 0 aromatic heterocycles. The van der Waals surface area contributed by atoms with Crippen LogP contribution in [0, 0.1) is 5.92 Å². The largest absolute Gasteiger partial charge is 0.489 e. The molecule has 2 rings (SSSR count). The van der Waals surface area contributed by atoms with Crippen LogP contribution in [0.3, 0.4) is 0 Å². The molecule has 0 saturated heterocycles. The lowest BCUT2D eigenvalue weighted by Gasteiger charge is -2.34. The number of aliphatic hydroxyl groups is 1. The normalized spacial score (nSPS) is 26.2. The summed E-state index contributed by atoms with van der Waals surface area (Å²) < 4.78 is 6.44. The van der Waals surface area contributed by atoms with Crippen molar-refractivity contribution in [2.24, 2.45) is 5.92 Å². The molecule has 0 radical (unpaired) electrons. The first kappa shape index (κ1) is 15.6. The molecule has 0 heterocycles. The van der Waals surface area contributed by atoms with Crippen LogP contribution in [-0.2, 0) is 4.79 Å². The highest BCUT2D eigenvalue weighted by atomic mass is 79.9. The number of carboxylic acid groups (broad SMARTS) is 1. The fourth-order valence-corrected chi connectivity index (χ4v) is 3.08. The molecule has 1 saturated carbocycles. The maximum Gasteiger partial charge on any atom is 0.306 e. The fourth-order valence-electron chi connectivity index (χ4n) is 2.35. The Balaban J connectivity index is 1.92. The molecule has 1 aromatic rings. The average Bonchev–Trinajstić information content (AvgIpc) is 2.38. The van der Waals surface area contributed by atoms with Crippen LogP contribution in [0.15, 0.2) is 22.7 Å². The highest BCUT2D eigenvalue weighted by Gasteiger charge is 2.36. The third kappa shape index (κ3) is 3.87. The molecule has 0 bridgehead atoms. The topological polar surface area (TPSA) is 66.8 Å². The van der Waals surface area contributed by atoms with Gasteiger partial charge in [-0.3, -0.25) is 4.79 Å². The molecule has 0 unspecified atom stereocenters. The highest BCUT2D eigenvalue weighted by molar-refractivity contribution is 9.10. The molecule has 4 nitrogen and oxygen atoms in total. The van der Waals surface area contributed by atoms with Gasteiger partial charge in [-0.25, -0.2) is 0 Å². The van der Waals surface area contributed by atoms with E-state index in [0.29, 0.717) is 36.5 Å². The first-order valence-electron chi connectivity index (χ1n) is 6.43. The van der Waals surface area contributed by atoms with Gasteiger partial charge in [-0.05, 0) is 43.9 Å². The third-order valence-corrected chi connectivity index (χ3v) is 4.44. The van der Waals surface area contributed by atoms with Crippen molar-refractivity contribution < 1.29 is 19.7 Å². The molecule has 0 amide bonds. The minimum atomic E-state index is -0.970. The maximum atomic E-state index is 10.9. The lowest BCUT2D eigenvalue weighted by molar-refractivity contribution is -0.145. The van der Waals surface area contributed by atoms with E-state index in [1.165, 1.54) is 0 Å². The third-order valence-electron chi connectivity index (χ3n) is 3.66. The second-order valence-corrected chi connectivity index (χ2v) is 6.52. The monoisotopic (exact) mass is 362 g/mol. The Kier molecular flexibility index (Phi) is 4.94. The molecule has 0 atom stereocenters. The summed E-state index contributed by atoms with van der Waals surface area (Å²) in [6.07, 6.45) is 1.81. The quantitative estimate of drug-likeness (QED) is 0.859. The van der Waals surface area contributed by atoms with Crippen molar-refractivity contribution in [2.75, 3.05) is 6.61 Å². The lowest BCUT2D eigenvalue weighted by atomic mass is 9.79. The summed E-state index contributed by atoms with van der Waals surface area (Å²) in [4.78, 5) is 10.9. The molecular formula is C14H16BrClO4. The van der Waals surface area contributed by atoms with E-state index in [0.717, 1.165) is 4.47 Å². The predicted octanol–water partition coefficient (Wildman–Crippen LogP) is 3.49. The standard InChI is InChI=1S/C14H16BrClO4/c15-10-1-2-12(11(16)7-10)20-8-14(19)5-3-9(4-6-14)13(17)18/h1-2,7,9,19H,3-6,8H2,(H,17,18). The number of aliphatic carboxylic acids is 1. The van der Waals surface area contributed by atoms with Crippen molar-refractivity contribution >= 4 is 33.5 Å². The van der Waals surface area contributed by atoms with Gasteiger partial charge in [0.2, 0.25) is 0 Å². The van der Waals surface area contributed by atoms with Gasteiger partial charge in [-0.1, -0.05) is 27.5 Å². The van der Waals surface area contributed by atoms with Crippen LogP contribution >= 0.6 is 27.5 Å². The number of rotatable bonds is 4. The van der Waals surface area contributed by atoms with E-state index in [4.69, 9.17) is 21.4 Å². The van der Waals surface area contributed by atoms with Crippen LogP contribution in [0.1, 0.15) is 25.7 Å². The van der Waals surface area contributed by atoms with Crippen molar-refractivity contribution in [2.45, 2.75) is 31.3 Å². The molecule has 0 aliphatic heterocycles. The average molecular weight is 364 g/mol. The van der Waals surface area contributed by atoms with E-state index in [1.807, 2.05) is 6.07 Å². The first-order chi connectivity index (χ1) is 9.39. The number of hydrogen-bond donors (Lipinski definition) is 2. The van der Waals surface area contributed by atoms with E-state index in [-0.39, 0.29) is 12.5 Å². The summed E-state index contributed by atoms with van der Waals surface area (Å²) in [7, 11) is 0. The van der Waals surface area contributed by atoms with E-state index in [2.05, 4.69) is 15.9 Å². The minimum Gasteiger partial charge on any atom is -0.489 e. The molecular weight excluding hydrogens is 348 g/mol. The van der Waals surface area contributed by atoms with Gasteiger partial charge in [-0.2, -0.15) is 0 Å². The van der Waals surface area contributed by atoms with Gasteiger partial charge in [0.1, 0.15) is 12.4 Å². The Morgan fingerprint density at radius 1 is 1.45 bits per heavy atom. The van der Waals surface area contributed by atoms with E-state index >= 15 is 0 Å². The molecule has 1 aliphatic rings. The Hall–Kier alpha value is -0.780. The van der Waals surface area contributed by atoms with Crippen molar-refractivity contribution in [3.63, 3.8) is 0 Å². The van der Waals surface area contributed by atoms with Gasteiger partial charge >= 0.3 is 5.97 Å².